The molecule has 6 nitrogen and oxygen atoms in total. The molecule has 92 valence electrons. The van der Waals surface area contributed by atoms with E-state index in [9.17, 15) is 9.59 Å². The SMILES string of the molecule is Cn1nccc1NC(=O)c1ccccc1C(=O)O. The van der Waals surface area contributed by atoms with Crippen LogP contribution in [-0.2, 0) is 7.05 Å². The minimum atomic E-state index is -1.13. The Morgan fingerprint density at radius 3 is 2.44 bits per heavy atom. The molecule has 6 heteroatoms. The molecule has 2 aromatic rings. The average Bonchev–Trinajstić information content (AvgIpc) is 2.75. The number of carbonyl (C=O) groups is 2. The third kappa shape index (κ3) is 2.22. The largest absolute Gasteiger partial charge is 0.478 e. The number of carboxylic acids is 1. The highest BCUT2D eigenvalue weighted by Gasteiger charge is 2.16. The number of aromatic nitrogens is 2. The number of carboxylic acid groups (broad SMARTS) is 1. The van der Waals surface area contributed by atoms with Crippen LogP contribution in [0.2, 0.25) is 0 Å². The van der Waals surface area contributed by atoms with E-state index in [1.807, 2.05) is 0 Å². The van der Waals surface area contributed by atoms with Crippen molar-refractivity contribution in [1.29, 1.82) is 0 Å². The third-order valence-electron chi connectivity index (χ3n) is 2.46. The fourth-order valence-electron chi connectivity index (χ4n) is 1.55. The molecule has 18 heavy (non-hydrogen) atoms. The molecule has 1 aromatic carbocycles. The number of hydrogen-bond acceptors (Lipinski definition) is 3. The van der Waals surface area contributed by atoms with E-state index >= 15 is 0 Å². The van der Waals surface area contributed by atoms with Crippen molar-refractivity contribution in [3.8, 4) is 0 Å². The summed E-state index contributed by atoms with van der Waals surface area (Å²) < 4.78 is 1.49. The van der Waals surface area contributed by atoms with Gasteiger partial charge in [0.2, 0.25) is 0 Å². The Bertz CT molecular complexity index is 604. The van der Waals surface area contributed by atoms with E-state index in [1.165, 1.54) is 16.8 Å². The summed E-state index contributed by atoms with van der Waals surface area (Å²) in [5.74, 6) is -1.11. The monoisotopic (exact) mass is 245 g/mol. The van der Waals surface area contributed by atoms with Crippen molar-refractivity contribution < 1.29 is 14.7 Å². The smallest absolute Gasteiger partial charge is 0.336 e. The molecular formula is C12H11N3O3. The summed E-state index contributed by atoms with van der Waals surface area (Å²) in [5.41, 5.74) is 0.0865. The molecule has 0 radical (unpaired) electrons. The lowest BCUT2D eigenvalue weighted by atomic mass is 10.1. The van der Waals surface area contributed by atoms with Crippen LogP contribution in [0.25, 0.3) is 0 Å². The fraction of sp³-hybridized carbons (Fsp3) is 0.0833. The molecule has 1 heterocycles. The van der Waals surface area contributed by atoms with E-state index in [0.29, 0.717) is 5.82 Å². The van der Waals surface area contributed by atoms with Crippen LogP contribution in [0.4, 0.5) is 5.82 Å². The van der Waals surface area contributed by atoms with Gasteiger partial charge in [-0.15, -0.1) is 0 Å². The predicted octanol–water partition coefficient (Wildman–Crippen LogP) is 1.37. The quantitative estimate of drug-likeness (QED) is 0.855. The van der Waals surface area contributed by atoms with Gasteiger partial charge < -0.3 is 10.4 Å². The fourth-order valence-corrected chi connectivity index (χ4v) is 1.55. The lowest BCUT2D eigenvalue weighted by Crippen LogP contribution is -2.18. The van der Waals surface area contributed by atoms with Crippen molar-refractivity contribution in [3.63, 3.8) is 0 Å². The number of amides is 1. The second-order valence-electron chi connectivity index (χ2n) is 3.64. The molecule has 0 aliphatic carbocycles. The van der Waals surface area contributed by atoms with Gasteiger partial charge in [-0.2, -0.15) is 5.10 Å². The highest BCUT2D eigenvalue weighted by molar-refractivity contribution is 6.10. The van der Waals surface area contributed by atoms with E-state index in [4.69, 9.17) is 5.11 Å². The summed E-state index contributed by atoms with van der Waals surface area (Å²) >= 11 is 0. The number of aryl methyl sites for hydroxylation is 1. The molecule has 0 saturated heterocycles. The van der Waals surface area contributed by atoms with Gasteiger partial charge in [0.1, 0.15) is 5.82 Å². The van der Waals surface area contributed by atoms with Gasteiger partial charge in [-0.3, -0.25) is 9.48 Å². The number of anilines is 1. The Morgan fingerprint density at radius 2 is 1.89 bits per heavy atom. The average molecular weight is 245 g/mol. The molecule has 0 unspecified atom stereocenters. The Morgan fingerprint density at radius 1 is 1.22 bits per heavy atom. The van der Waals surface area contributed by atoms with Crippen LogP contribution in [-0.4, -0.2) is 26.8 Å². The van der Waals surface area contributed by atoms with Gasteiger partial charge in [0.25, 0.3) is 5.91 Å². The molecule has 0 saturated carbocycles. The van der Waals surface area contributed by atoms with E-state index in [-0.39, 0.29) is 11.1 Å². The second-order valence-corrected chi connectivity index (χ2v) is 3.64. The summed E-state index contributed by atoms with van der Waals surface area (Å²) in [6.45, 7) is 0. The maximum absolute atomic E-state index is 12.0. The maximum Gasteiger partial charge on any atom is 0.336 e. The molecule has 0 aliphatic rings. The zero-order valence-corrected chi connectivity index (χ0v) is 9.62. The van der Waals surface area contributed by atoms with Crippen molar-refractivity contribution in [1.82, 2.24) is 9.78 Å². The molecule has 0 aliphatic heterocycles. The van der Waals surface area contributed by atoms with E-state index < -0.39 is 11.9 Å². The Kier molecular flexibility index (Phi) is 3.09. The number of rotatable bonds is 3. The van der Waals surface area contributed by atoms with Gasteiger partial charge in [-0.25, -0.2) is 4.79 Å². The first kappa shape index (κ1) is 11.8. The minimum Gasteiger partial charge on any atom is -0.478 e. The lowest BCUT2D eigenvalue weighted by molar-refractivity contribution is 0.0692. The molecule has 1 amide bonds. The lowest BCUT2D eigenvalue weighted by Gasteiger charge is -2.07. The van der Waals surface area contributed by atoms with E-state index in [0.717, 1.165) is 0 Å². The Balaban J connectivity index is 2.30. The summed E-state index contributed by atoms with van der Waals surface area (Å²) in [6, 6.07) is 7.67. The topological polar surface area (TPSA) is 84.2 Å². The first-order valence-corrected chi connectivity index (χ1v) is 5.21. The molecule has 1 aromatic heterocycles. The molecule has 0 bridgehead atoms. The van der Waals surface area contributed by atoms with E-state index in [2.05, 4.69) is 10.4 Å². The normalized spacial score (nSPS) is 10.1. The summed E-state index contributed by atoms with van der Waals surface area (Å²) in [5, 5.41) is 15.5. The van der Waals surface area contributed by atoms with Crippen molar-refractivity contribution in [2.75, 3.05) is 5.32 Å². The van der Waals surface area contributed by atoms with Crippen LogP contribution in [0.1, 0.15) is 20.7 Å². The molecule has 0 spiro atoms. The third-order valence-corrected chi connectivity index (χ3v) is 2.46. The van der Waals surface area contributed by atoms with Gasteiger partial charge >= 0.3 is 5.97 Å². The molecular weight excluding hydrogens is 234 g/mol. The van der Waals surface area contributed by atoms with Crippen LogP contribution in [0.5, 0.6) is 0 Å². The minimum absolute atomic E-state index is 0.0304. The van der Waals surface area contributed by atoms with Gasteiger partial charge in [-0.05, 0) is 12.1 Å². The zero-order chi connectivity index (χ0) is 13.1. The first-order chi connectivity index (χ1) is 8.59. The van der Waals surface area contributed by atoms with Gasteiger partial charge in [0, 0.05) is 13.1 Å². The van der Waals surface area contributed by atoms with Crippen molar-refractivity contribution in [2.24, 2.45) is 7.05 Å². The number of hydrogen-bond donors (Lipinski definition) is 2. The second kappa shape index (κ2) is 4.70. The van der Waals surface area contributed by atoms with Crippen LogP contribution >= 0.6 is 0 Å². The predicted molar refractivity (Wildman–Crippen MR) is 64.6 cm³/mol. The molecule has 2 rings (SSSR count). The maximum atomic E-state index is 12.0. The Labute approximate surface area is 103 Å². The van der Waals surface area contributed by atoms with Gasteiger partial charge in [0.15, 0.2) is 0 Å². The van der Waals surface area contributed by atoms with Crippen LogP contribution in [0.3, 0.4) is 0 Å². The van der Waals surface area contributed by atoms with Crippen molar-refractivity contribution in [3.05, 3.63) is 47.7 Å². The summed E-state index contributed by atoms with van der Waals surface area (Å²) in [6.07, 6.45) is 1.54. The number of nitrogens with zero attached hydrogens (tertiary/aromatic N) is 2. The molecule has 0 atom stereocenters. The van der Waals surface area contributed by atoms with Crippen LogP contribution < -0.4 is 5.32 Å². The number of carbonyl (C=O) groups excluding carboxylic acids is 1. The number of benzene rings is 1. The van der Waals surface area contributed by atoms with Crippen LogP contribution in [0, 0.1) is 0 Å². The summed E-state index contributed by atoms with van der Waals surface area (Å²) in [4.78, 5) is 23.0. The standard InChI is InChI=1S/C12H11N3O3/c1-15-10(6-7-13-15)14-11(16)8-4-2-3-5-9(8)12(17)18/h2-7H,1H3,(H,14,16)(H,17,18). The highest BCUT2D eigenvalue weighted by Crippen LogP contribution is 2.12. The van der Waals surface area contributed by atoms with Gasteiger partial charge in [-0.1, -0.05) is 12.1 Å². The number of aromatic carboxylic acids is 1. The highest BCUT2D eigenvalue weighted by atomic mass is 16.4. The van der Waals surface area contributed by atoms with E-state index in [1.54, 1.807) is 31.4 Å². The zero-order valence-electron chi connectivity index (χ0n) is 9.62. The van der Waals surface area contributed by atoms with Crippen molar-refractivity contribution in [2.45, 2.75) is 0 Å². The van der Waals surface area contributed by atoms with Crippen molar-refractivity contribution >= 4 is 17.7 Å². The summed E-state index contributed by atoms with van der Waals surface area (Å²) in [7, 11) is 1.68. The van der Waals surface area contributed by atoms with Crippen LogP contribution in [0.15, 0.2) is 36.5 Å². The Hall–Kier alpha value is -2.63. The van der Waals surface area contributed by atoms with Gasteiger partial charge in [0.05, 0.1) is 17.3 Å². The molecule has 2 N–H and O–H groups in total. The first-order valence-electron chi connectivity index (χ1n) is 5.21. The molecule has 0 fully saturated rings. The number of nitrogens with one attached hydrogen (secondary N) is 1.